The van der Waals surface area contributed by atoms with E-state index in [1.54, 1.807) is 0 Å². The van der Waals surface area contributed by atoms with Crippen molar-refractivity contribution in [2.45, 2.75) is 38.6 Å². The van der Waals surface area contributed by atoms with E-state index in [-0.39, 0.29) is 0 Å². The van der Waals surface area contributed by atoms with Gasteiger partial charge in [0.05, 0.1) is 6.54 Å². The normalized spacial score (nSPS) is 18.1. The molecule has 1 fully saturated rings. The van der Waals surface area contributed by atoms with E-state index in [0.29, 0.717) is 6.04 Å². The van der Waals surface area contributed by atoms with Crippen molar-refractivity contribution in [2.75, 3.05) is 19.6 Å². The maximum Gasteiger partial charge on any atom is 0.0599 e. The van der Waals surface area contributed by atoms with Gasteiger partial charge in [0.15, 0.2) is 0 Å². The van der Waals surface area contributed by atoms with Gasteiger partial charge in [0.2, 0.25) is 0 Å². The second-order valence-electron chi connectivity index (χ2n) is 4.50. The maximum atomic E-state index is 5.71. The molecule has 1 atom stereocenters. The zero-order valence-electron chi connectivity index (χ0n) is 9.21. The number of rotatable bonds is 7. The van der Waals surface area contributed by atoms with Gasteiger partial charge in [-0.05, 0) is 45.1 Å². The molecule has 14 heavy (non-hydrogen) atoms. The summed E-state index contributed by atoms with van der Waals surface area (Å²) in [5.41, 5.74) is 5.71. The SMILES string of the molecule is C#CCN(CCCC(C)N)CC1CC1. The van der Waals surface area contributed by atoms with Crippen molar-refractivity contribution >= 4 is 0 Å². The minimum atomic E-state index is 0.323. The topological polar surface area (TPSA) is 29.3 Å². The molecule has 0 amide bonds. The molecule has 0 bridgehead atoms. The first-order valence-corrected chi connectivity index (χ1v) is 5.63. The number of hydrogen-bond donors (Lipinski definition) is 1. The van der Waals surface area contributed by atoms with E-state index in [9.17, 15) is 0 Å². The van der Waals surface area contributed by atoms with Gasteiger partial charge < -0.3 is 5.73 Å². The molecule has 1 saturated carbocycles. The van der Waals surface area contributed by atoms with Gasteiger partial charge in [-0.3, -0.25) is 4.90 Å². The Hall–Kier alpha value is -0.520. The number of hydrogen-bond acceptors (Lipinski definition) is 2. The highest BCUT2D eigenvalue weighted by Gasteiger charge is 2.23. The van der Waals surface area contributed by atoms with E-state index >= 15 is 0 Å². The summed E-state index contributed by atoms with van der Waals surface area (Å²) in [6, 6.07) is 0.323. The van der Waals surface area contributed by atoms with Crippen molar-refractivity contribution < 1.29 is 0 Å². The molecule has 1 rings (SSSR count). The molecule has 1 aliphatic rings. The van der Waals surface area contributed by atoms with Crippen molar-refractivity contribution in [3.8, 4) is 12.3 Å². The van der Waals surface area contributed by atoms with E-state index in [1.165, 1.54) is 25.8 Å². The summed E-state index contributed by atoms with van der Waals surface area (Å²) in [6.45, 7) is 5.17. The van der Waals surface area contributed by atoms with Crippen molar-refractivity contribution in [1.82, 2.24) is 4.90 Å². The van der Waals surface area contributed by atoms with Gasteiger partial charge in [-0.1, -0.05) is 5.92 Å². The van der Waals surface area contributed by atoms with Crippen LogP contribution in [0.15, 0.2) is 0 Å². The molecule has 2 heteroatoms. The predicted molar refractivity (Wildman–Crippen MR) is 60.9 cm³/mol. The van der Waals surface area contributed by atoms with Crippen LogP contribution >= 0.6 is 0 Å². The molecule has 0 aromatic rings. The molecule has 1 unspecified atom stereocenters. The van der Waals surface area contributed by atoms with E-state index in [0.717, 1.165) is 25.4 Å². The van der Waals surface area contributed by atoms with Crippen LogP contribution in [0.5, 0.6) is 0 Å². The summed E-state index contributed by atoms with van der Waals surface area (Å²) in [7, 11) is 0. The Kier molecular flexibility index (Phi) is 5.00. The van der Waals surface area contributed by atoms with Crippen LogP contribution in [0.4, 0.5) is 0 Å². The van der Waals surface area contributed by atoms with E-state index in [1.807, 2.05) is 0 Å². The van der Waals surface area contributed by atoms with Gasteiger partial charge in [-0.15, -0.1) is 6.42 Å². The average molecular weight is 194 g/mol. The fourth-order valence-electron chi connectivity index (χ4n) is 1.67. The lowest BCUT2D eigenvalue weighted by molar-refractivity contribution is 0.285. The van der Waals surface area contributed by atoms with Gasteiger partial charge in [-0.2, -0.15) is 0 Å². The third-order valence-electron chi connectivity index (χ3n) is 2.66. The first-order valence-electron chi connectivity index (χ1n) is 5.63. The van der Waals surface area contributed by atoms with Crippen LogP contribution in [0.3, 0.4) is 0 Å². The second-order valence-corrected chi connectivity index (χ2v) is 4.50. The molecule has 2 nitrogen and oxygen atoms in total. The molecule has 0 aromatic heterocycles. The van der Waals surface area contributed by atoms with Gasteiger partial charge in [0, 0.05) is 12.6 Å². The van der Waals surface area contributed by atoms with E-state index in [4.69, 9.17) is 12.2 Å². The Morgan fingerprint density at radius 3 is 2.79 bits per heavy atom. The Morgan fingerprint density at radius 2 is 2.29 bits per heavy atom. The number of terminal acetylenes is 1. The van der Waals surface area contributed by atoms with Crippen LogP contribution in [-0.2, 0) is 0 Å². The fourth-order valence-corrected chi connectivity index (χ4v) is 1.67. The van der Waals surface area contributed by atoms with Crippen molar-refractivity contribution in [3.05, 3.63) is 0 Å². The molecule has 0 radical (unpaired) electrons. The molecule has 0 heterocycles. The van der Waals surface area contributed by atoms with Gasteiger partial charge in [0.25, 0.3) is 0 Å². The highest BCUT2D eigenvalue weighted by Crippen LogP contribution is 2.29. The predicted octanol–water partition coefficient (Wildman–Crippen LogP) is 1.46. The Labute approximate surface area is 87.8 Å². The molecule has 0 aliphatic heterocycles. The lowest BCUT2D eigenvalue weighted by atomic mass is 10.2. The van der Waals surface area contributed by atoms with E-state index < -0.39 is 0 Å². The monoisotopic (exact) mass is 194 g/mol. The van der Waals surface area contributed by atoms with Crippen LogP contribution in [0.1, 0.15) is 32.6 Å². The third-order valence-corrected chi connectivity index (χ3v) is 2.66. The fraction of sp³-hybridized carbons (Fsp3) is 0.833. The standard InChI is InChI=1S/C12H22N2/c1-3-8-14(10-12-6-7-12)9-4-5-11(2)13/h1,11-12H,4-10,13H2,2H3. The summed E-state index contributed by atoms with van der Waals surface area (Å²) in [5, 5.41) is 0. The molecule has 0 aromatic carbocycles. The number of nitrogens with zero attached hydrogens (tertiary/aromatic N) is 1. The lowest BCUT2D eigenvalue weighted by Crippen LogP contribution is -2.28. The minimum Gasteiger partial charge on any atom is -0.328 e. The number of nitrogens with two attached hydrogens (primary N) is 1. The van der Waals surface area contributed by atoms with Gasteiger partial charge >= 0.3 is 0 Å². The molecule has 80 valence electrons. The zero-order valence-corrected chi connectivity index (χ0v) is 9.21. The lowest BCUT2D eigenvalue weighted by Gasteiger charge is -2.19. The zero-order chi connectivity index (χ0) is 10.4. The highest BCUT2D eigenvalue weighted by atomic mass is 15.1. The van der Waals surface area contributed by atoms with Crippen LogP contribution in [0.2, 0.25) is 0 Å². The summed E-state index contributed by atoms with van der Waals surface area (Å²) in [5.74, 6) is 3.66. The first-order chi connectivity index (χ1) is 6.72. The smallest absolute Gasteiger partial charge is 0.0599 e. The molecule has 0 saturated heterocycles. The van der Waals surface area contributed by atoms with Crippen molar-refractivity contribution in [1.29, 1.82) is 0 Å². The second kappa shape index (κ2) is 6.06. The molecule has 1 aliphatic carbocycles. The molecular weight excluding hydrogens is 172 g/mol. The minimum absolute atomic E-state index is 0.323. The molecular formula is C12H22N2. The largest absolute Gasteiger partial charge is 0.328 e. The van der Waals surface area contributed by atoms with Gasteiger partial charge in [0.1, 0.15) is 0 Å². The van der Waals surface area contributed by atoms with Crippen LogP contribution < -0.4 is 5.73 Å². The third kappa shape index (κ3) is 5.26. The van der Waals surface area contributed by atoms with Crippen LogP contribution in [0, 0.1) is 18.3 Å². The molecule has 0 spiro atoms. The van der Waals surface area contributed by atoms with Crippen molar-refractivity contribution in [2.24, 2.45) is 11.7 Å². The Morgan fingerprint density at radius 1 is 1.57 bits per heavy atom. The first kappa shape index (κ1) is 11.6. The molecule has 2 N–H and O–H groups in total. The van der Waals surface area contributed by atoms with Crippen LogP contribution in [-0.4, -0.2) is 30.6 Å². The summed E-state index contributed by atoms with van der Waals surface area (Å²) >= 11 is 0. The van der Waals surface area contributed by atoms with E-state index in [2.05, 4.69) is 17.7 Å². The van der Waals surface area contributed by atoms with Crippen molar-refractivity contribution in [3.63, 3.8) is 0 Å². The van der Waals surface area contributed by atoms with Crippen LogP contribution in [0.25, 0.3) is 0 Å². The maximum absolute atomic E-state index is 5.71. The van der Waals surface area contributed by atoms with Gasteiger partial charge in [-0.25, -0.2) is 0 Å². The summed E-state index contributed by atoms with van der Waals surface area (Å²) in [4.78, 5) is 2.39. The summed E-state index contributed by atoms with van der Waals surface area (Å²) in [6.07, 6.45) is 10.4. The quantitative estimate of drug-likeness (QED) is 0.622. The highest BCUT2D eigenvalue weighted by molar-refractivity contribution is 4.90. The average Bonchev–Trinajstić information content (AvgIpc) is 2.88. The Balaban J connectivity index is 2.10. The Bertz CT molecular complexity index is 189. The summed E-state index contributed by atoms with van der Waals surface area (Å²) < 4.78 is 0.